The zero-order chi connectivity index (χ0) is 12.0. The van der Waals surface area contributed by atoms with Crippen LogP contribution in [0.5, 0.6) is 0 Å². The predicted octanol–water partition coefficient (Wildman–Crippen LogP) is 0.769. The van der Waals surface area contributed by atoms with Gasteiger partial charge in [0.25, 0.3) is 0 Å². The van der Waals surface area contributed by atoms with E-state index in [-0.39, 0.29) is 23.8 Å². The molecule has 3 aliphatic rings. The van der Waals surface area contributed by atoms with Gasteiger partial charge in [-0.2, -0.15) is 0 Å². The number of hydrogen-bond acceptors (Lipinski definition) is 2. The molecular formula is C13H20N2O2. The molecule has 0 spiro atoms. The smallest absolute Gasteiger partial charge is 0.242 e. The van der Waals surface area contributed by atoms with Crippen LogP contribution in [0.15, 0.2) is 0 Å². The van der Waals surface area contributed by atoms with Crippen molar-refractivity contribution in [1.29, 1.82) is 0 Å². The lowest BCUT2D eigenvalue weighted by atomic mass is 10.1. The second kappa shape index (κ2) is 4.00. The molecule has 4 nitrogen and oxygen atoms in total. The largest absolute Gasteiger partial charge is 0.353 e. The van der Waals surface area contributed by atoms with Crippen LogP contribution in [0.25, 0.3) is 0 Å². The molecule has 3 unspecified atom stereocenters. The maximum Gasteiger partial charge on any atom is 0.242 e. The van der Waals surface area contributed by atoms with E-state index in [0.29, 0.717) is 24.9 Å². The second-order valence-corrected chi connectivity index (χ2v) is 5.53. The zero-order valence-corrected chi connectivity index (χ0v) is 10.3. The molecule has 17 heavy (non-hydrogen) atoms. The molecular weight excluding hydrogens is 216 g/mol. The number of carbonyl (C=O) groups is 2. The van der Waals surface area contributed by atoms with Crippen LogP contribution >= 0.6 is 0 Å². The first-order chi connectivity index (χ1) is 8.24. The standard InChI is InChI=1S/C13H20N2O2/c1-2-10-12(16)14-6-7-15(10)13(17)11-8-4-3-5-9(8)11/h8-11H,2-7H2,1H3,(H,14,16). The van der Waals surface area contributed by atoms with Gasteiger partial charge in [-0.05, 0) is 31.1 Å². The minimum Gasteiger partial charge on any atom is -0.353 e. The molecule has 0 aromatic heterocycles. The molecule has 0 aromatic rings. The van der Waals surface area contributed by atoms with Crippen molar-refractivity contribution in [2.24, 2.45) is 17.8 Å². The summed E-state index contributed by atoms with van der Waals surface area (Å²) in [6.45, 7) is 3.28. The van der Waals surface area contributed by atoms with Crippen molar-refractivity contribution in [2.75, 3.05) is 13.1 Å². The third-order valence-corrected chi connectivity index (χ3v) is 4.69. The van der Waals surface area contributed by atoms with Crippen molar-refractivity contribution in [3.8, 4) is 0 Å². The number of nitrogens with zero attached hydrogens (tertiary/aromatic N) is 1. The van der Waals surface area contributed by atoms with E-state index in [1.807, 2.05) is 11.8 Å². The fourth-order valence-electron chi connectivity index (χ4n) is 3.76. The quantitative estimate of drug-likeness (QED) is 0.770. The number of rotatable bonds is 2. The van der Waals surface area contributed by atoms with Gasteiger partial charge >= 0.3 is 0 Å². The Morgan fingerprint density at radius 2 is 2.12 bits per heavy atom. The summed E-state index contributed by atoms with van der Waals surface area (Å²) >= 11 is 0. The van der Waals surface area contributed by atoms with Crippen LogP contribution in [-0.4, -0.2) is 35.8 Å². The number of carbonyl (C=O) groups excluding carboxylic acids is 2. The third-order valence-electron chi connectivity index (χ3n) is 4.69. The van der Waals surface area contributed by atoms with Crippen LogP contribution in [0.2, 0.25) is 0 Å². The molecule has 94 valence electrons. The van der Waals surface area contributed by atoms with Crippen LogP contribution in [0, 0.1) is 17.8 Å². The Balaban J connectivity index is 1.70. The first-order valence-electron chi connectivity index (χ1n) is 6.82. The van der Waals surface area contributed by atoms with Crippen LogP contribution in [0.1, 0.15) is 32.6 Å². The van der Waals surface area contributed by atoms with Gasteiger partial charge in [-0.3, -0.25) is 9.59 Å². The summed E-state index contributed by atoms with van der Waals surface area (Å²) in [5.41, 5.74) is 0. The summed E-state index contributed by atoms with van der Waals surface area (Å²) in [6, 6.07) is -0.224. The molecule has 2 saturated carbocycles. The highest BCUT2D eigenvalue weighted by Crippen LogP contribution is 2.58. The zero-order valence-electron chi connectivity index (χ0n) is 10.3. The highest BCUT2D eigenvalue weighted by molar-refractivity contribution is 5.91. The Morgan fingerprint density at radius 3 is 2.76 bits per heavy atom. The van der Waals surface area contributed by atoms with E-state index < -0.39 is 0 Å². The summed E-state index contributed by atoms with van der Waals surface area (Å²) in [7, 11) is 0. The Labute approximate surface area is 102 Å². The summed E-state index contributed by atoms with van der Waals surface area (Å²) in [6.07, 6.45) is 4.45. The molecule has 4 heteroatoms. The molecule has 3 atom stereocenters. The average Bonchev–Trinajstić information content (AvgIpc) is 2.81. The molecule has 0 radical (unpaired) electrons. The molecule has 1 saturated heterocycles. The van der Waals surface area contributed by atoms with E-state index in [9.17, 15) is 9.59 Å². The summed E-state index contributed by atoms with van der Waals surface area (Å²) in [5, 5.41) is 2.84. The monoisotopic (exact) mass is 236 g/mol. The highest BCUT2D eigenvalue weighted by atomic mass is 16.2. The first kappa shape index (κ1) is 11.1. The van der Waals surface area contributed by atoms with Crippen LogP contribution in [0.3, 0.4) is 0 Å². The highest BCUT2D eigenvalue weighted by Gasteiger charge is 2.58. The van der Waals surface area contributed by atoms with Gasteiger partial charge in [0.2, 0.25) is 11.8 Å². The van der Waals surface area contributed by atoms with Gasteiger partial charge in [0.15, 0.2) is 0 Å². The molecule has 1 heterocycles. The van der Waals surface area contributed by atoms with Gasteiger partial charge in [0.1, 0.15) is 6.04 Å². The van der Waals surface area contributed by atoms with Crippen molar-refractivity contribution >= 4 is 11.8 Å². The van der Waals surface area contributed by atoms with E-state index in [2.05, 4.69) is 5.32 Å². The van der Waals surface area contributed by atoms with Gasteiger partial charge < -0.3 is 10.2 Å². The summed E-state index contributed by atoms with van der Waals surface area (Å²) < 4.78 is 0. The van der Waals surface area contributed by atoms with Crippen LogP contribution < -0.4 is 5.32 Å². The normalized spacial score (nSPS) is 39.8. The van der Waals surface area contributed by atoms with Gasteiger partial charge in [0, 0.05) is 19.0 Å². The van der Waals surface area contributed by atoms with E-state index in [4.69, 9.17) is 0 Å². The van der Waals surface area contributed by atoms with Crippen molar-refractivity contribution < 1.29 is 9.59 Å². The Hall–Kier alpha value is -1.06. The molecule has 0 aromatic carbocycles. The maximum absolute atomic E-state index is 12.4. The molecule has 1 aliphatic heterocycles. The molecule has 0 bridgehead atoms. The lowest BCUT2D eigenvalue weighted by molar-refractivity contribution is -0.144. The van der Waals surface area contributed by atoms with Gasteiger partial charge in [-0.25, -0.2) is 0 Å². The third kappa shape index (κ3) is 1.65. The van der Waals surface area contributed by atoms with Crippen molar-refractivity contribution in [1.82, 2.24) is 10.2 Å². The van der Waals surface area contributed by atoms with Crippen molar-refractivity contribution in [3.05, 3.63) is 0 Å². The number of nitrogens with one attached hydrogen (secondary N) is 1. The van der Waals surface area contributed by atoms with Gasteiger partial charge in [0.05, 0.1) is 0 Å². The predicted molar refractivity (Wildman–Crippen MR) is 63.1 cm³/mol. The molecule has 3 fully saturated rings. The van der Waals surface area contributed by atoms with Gasteiger partial charge in [-0.1, -0.05) is 13.3 Å². The molecule has 3 rings (SSSR count). The van der Waals surface area contributed by atoms with Crippen molar-refractivity contribution in [2.45, 2.75) is 38.6 Å². The lowest BCUT2D eigenvalue weighted by Crippen LogP contribution is -2.57. The Bertz CT molecular complexity index is 345. The minimum atomic E-state index is -0.224. The molecule has 2 amide bonds. The van der Waals surface area contributed by atoms with Crippen molar-refractivity contribution in [3.63, 3.8) is 0 Å². The number of piperazine rings is 1. The fourth-order valence-corrected chi connectivity index (χ4v) is 3.76. The number of fused-ring (bicyclic) bond motifs is 1. The van der Waals surface area contributed by atoms with E-state index >= 15 is 0 Å². The Morgan fingerprint density at radius 1 is 1.41 bits per heavy atom. The molecule has 1 N–H and O–H groups in total. The van der Waals surface area contributed by atoms with E-state index in [0.717, 1.165) is 6.42 Å². The SMILES string of the molecule is CCC1C(=O)NCCN1C(=O)C1C2CCCC21. The summed E-state index contributed by atoms with van der Waals surface area (Å²) in [4.78, 5) is 26.0. The van der Waals surface area contributed by atoms with E-state index in [1.54, 1.807) is 0 Å². The van der Waals surface area contributed by atoms with Crippen LogP contribution in [-0.2, 0) is 9.59 Å². The Kier molecular flexibility index (Phi) is 2.60. The second-order valence-electron chi connectivity index (χ2n) is 5.53. The fraction of sp³-hybridized carbons (Fsp3) is 0.846. The van der Waals surface area contributed by atoms with Gasteiger partial charge in [-0.15, -0.1) is 0 Å². The van der Waals surface area contributed by atoms with E-state index in [1.165, 1.54) is 19.3 Å². The maximum atomic E-state index is 12.4. The topological polar surface area (TPSA) is 49.4 Å². The molecule has 2 aliphatic carbocycles. The number of amides is 2. The first-order valence-corrected chi connectivity index (χ1v) is 6.82. The summed E-state index contributed by atoms with van der Waals surface area (Å²) in [5.74, 6) is 1.82. The minimum absolute atomic E-state index is 0.0258. The average molecular weight is 236 g/mol. The lowest BCUT2D eigenvalue weighted by Gasteiger charge is -2.35. The van der Waals surface area contributed by atoms with Crippen LogP contribution in [0.4, 0.5) is 0 Å². The number of hydrogen-bond donors (Lipinski definition) is 1.